The molecule has 1 spiro atoms. The highest BCUT2D eigenvalue weighted by Gasteiger charge is 2.50. The Hall–Kier alpha value is -4.22. The zero-order valence-electron chi connectivity index (χ0n) is 26.6. The Morgan fingerprint density at radius 3 is 2.73 bits per heavy atom. The van der Waals surface area contributed by atoms with Crippen LogP contribution in [0.25, 0.3) is 0 Å². The predicted molar refractivity (Wildman–Crippen MR) is 166 cm³/mol. The summed E-state index contributed by atoms with van der Waals surface area (Å²) < 4.78 is 71.4. The molecule has 1 aromatic heterocycles. The van der Waals surface area contributed by atoms with Crippen molar-refractivity contribution in [1.82, 2.24) is 20.2 Å². The number of nitrogen functional groups attached to an aromatic ring is 1. The van der Waals surface area contributed by atoms with Crippen molar-refractivity contribution in [3.8, 4) is 17.9 Å². The van der Waals surface area contributed by atoms with Crippen molar-refractivity contribution in [3.63, 3.8) is 0 Å². The van der Waals surface area contributed by atoms with Gasteiger partial charge in [-0.1, -0.05) is 18.1 Å². The first-order valence-corrected chi connectivity index (χ1v) is 16.1. The minimum Gasteiger partial charge on any atom is -0.461 e. The fraction of sp³-hybridized carbons (Fsp3) is 0.529. The van der Waals surface area contributed by atoms with Crippen molar-refractivity contribution in [2.45, 2.75) is 76.3 Å². The second-order valence-electron chi connectivity index (χ2n) is 13.6. The lowest BCUT2D eigenvalue weighted by Crippen LogP contribution is -2.48. The molecule has 48 heavy (non-hydrogen) atoms. The number of ether oxygens (including phenoxy) is 2. The van der Waals surface area contributed by atoms with Crippen LogP contribution < -0.4 is 20.7 Å². The van der Waals surface area contributed by atoms with Crippen LogP contribution in [-0.2, 0) is 33.5 Å². The van der Waals surface area contributed by atoms with Crippen molar-refractivity contribution < 1.29 is 36.6 Å². The van der Waals surface area contributed by atoms with Crippen molar-refractivity contribution in [3.05, 3.63) is 52.0 Å². The Labute approximate surface area is 275 Å². The third-order valence-corrected chi connectivity index (χ3v) is 10.4. The maximum atomic E-state index is 15.6. The molecule has 2 unspecified atom stereocenters. The highest BCUT2D eigenvalue weighted by molar-refractivity contribution is 6.06. The van der Waals surface area contributed by atoms with E-state index in [9.17, 15) is 22.8 Å². The van der Waals surface area contributed by atoms with Crippen LogP contribution in [0.15, 0.2) is 18.2 Å². The summed E-state index contributed by atoms with van der Waals surface area (Å²) in [5.74, 6) is 3.39. The van der Waals surface area contributed by atoms with Crippen LogP contribution in [0.1, 0.15) is 79.5 Å². The topological polar surface area (TPSA) is 123 Å². The number of alkyl halides is 3. The molecule has 0 radical (unpaired) electrons. The molecule has 254 valence electrons. The number of hydrogen-bond acceptors (Lipinski definition) is 9. The largest absolute Gasteiger partial charge is 0.461 e. The number of rotatable bonds is 5. The Bertz CT molecular complexity index is 1790. The smallest absolute Gasteiger partial charge is 0.418 e. The standard InChI is InChI=1S/C34H36F4N6O4/c1-3-6-20-11-22(39)28(35)26(27(20)34(36,37)38)24-12-23-21(16-47-24)29(43-9-4-7-32(17-43)14-25(45)41-30(32)46)42-31(40-23)48-18-33-8-5-10-44(33)15-19(2)13-33/h11,24H,2,4-5,7-10,12-18,39H2,1H3,(H,41,45,46)/t24?,32?,33-/m0/s1. The third-order valence-electron chi connectivity index (χ3n) is 10.4. The van der Waals surface area contributed by atoms with E-state index in [0.717, 1.165) is 44.0 Å². The van der Waals surface area contributed by atoms with Crippen LogP contribution >= 0.6 is 0 Å². The number of nitrogens with zero attached hydrogens (tertiary/aromatic N) is 4. The fourth-order valence-corrected chi connectivity index (χ4v) is 8.26. The molecule has 0 aliphatic carbocycles. The molecular weight excluding hydrogens is 632 g/mol. The third kappa shape index (κ3) is 5.46. The summed E-state index contributed by atoms with van der Waals surface area (Å²) in [7, 11) is 0. The number of halogens is 4. The summed E-state index contributed by atoms with van der Waals surface area (Å²) in [4.78, 5) is 38.8. The van der Waals surface area contributed by atoms with Crippen LogP contribution in [0.2, 0.25) is 0 Å². The molecule has 10 nitrogen and oxygen atoms in total. The van der Waals surface area contributed by atoms with Gasteiger partial charge in [-0.05, 0) is 51.6 Å². The van der Waals surface area contributed by atoms with Gasteiger partial charge in [0.05, 0.1) is 40.6 Å². The van der Waals surface area contributed by atoms with Gasteiger partial charge in [-0.15, -0.1) is 5.92 Å². The van der Waals surface area contributed by atoms with E-state index in [1.165, 1.54) is 6.92 Å². The second kappa shape index (κ2) is 11.7. The van der Waals surface area contributed by atoms with Gasteiger partial charge in [0.1, 0.15) is 12.4 Å². The molecule has 1 aromatic carbocycles. The number of carbonyl (C=O) groups is 2. The molecule has 7 rings (SSSR count). The Morgan fingerprint density at radius 1 is 1.21 bits per heavy atom. The Balaban J connectivity index is 1.29. The molecule has 5 aliphatic rings. The van der Waals surface area contributed by atoms with Gasteiger partial charge in [0.2, 0.25) is 11.8 Å². The maximum absolute atomic E-state index is 15.6. The average molecular weight is 669 g/mol. The number of benzene rings is 1. The van der Waals surface area contributed by atoms with Gasteiger partial charge in [0.15, 0.2) is 5.82 Å². The van der Waals surface area contributed by atoms with Crippen LogP contribution in [0.3, 0.4) is 0 Å². The summed E-state index contributed by atoms with van der Waals surface area (Å²) >= 11 is 0. The second-order valence-corrected chi connectivity index (χ2v) is 13.6. The van der Waals surface area contributed by atoms with E-state index in [-0.39, 0.29) is 56.0 Å². The molecule has 5 aliphatic heterocycles. The minimum atomic E-state index is -4.95. The SMILES string of the molecule is C=C1CN2CCC[C@@]2(COc2nc3c(c(N4CCCC5(CC(=O)NC5=O)C4)n2)COC(c2c(F)c(N)cc(C#CC)c2C(F)(F)F)C3)C1. The number of nitrogens with one attached hydrogen (secondary N) is 1. The molecule has 6 heterocycles. The molecule has 14 heteroatoms. The van der Waals surface area contributed by atoms with Crippen LogP contribution in [0, 0.1) is 23.1 Å². The number of imide groups is 1. The molecular formula is C34H36F4N6O4. The van der Waals surface area contributed by atoms with Crippen molar-refractivity contribution in [2.75, 3.05) is 43.4 Å². The number of fused-ring (bicyclic) bond motifs is 2. The molecule has 3 atom stereocenters. The number of amides is 2. The highest BCUT2D eigenvalue weighted by Crippen LogP contribution is 2.46. The number of anilines is 2. The summed E-state index contributed by atoms with van der Waals surface area (Å²) in [6.07, 6.45) is -2.68. The van der Waals surface area contributed by atoms with Gasteiger partial charge < -0.3 is 20.1 Å². The van der Waals surface area contributed by atoms with E-state index in [1.54, 1.807) is 0 Å². The maximum Gasteiger partial charge on any atom is 0.418 e. The lowest BCUT2D eigenvalue weighted by atomic mass is 9.78. The van der Waals surface area contributed by atoms with Gasteiger partial charge in [-0.3, -0.25) is 19.8 Å². The zero-order valence-corrected chi connectivity index (χ0v) is 26.6. The molecule has 2 amide bonds. The van der Waals surface area contributed by atoms with Crippen LogP contribution in [-0.4, -0.2) is 65.0 Å². The molecule has 4 saturated heterocycles. The molecule has 2 aromatic rings. The summed E-state index contributed by atoms with van der Waals surface area (Å²) in [5, 5.41) is 2.42. The molecule has 4 fully saturated rings. The van der Waals surface area contributed by atoms with Gasteiger partial charge in [-0.25, -0.2) is 4.39 Å². The summed E-state index contributed by atoms with van der Waals surface area (Å²) in [6.45, 7) is 8.03. The van der Waals surface area contributed by atoms with Gasteiger partial charge in [-0.2, -0.15) is 23.1 Å². The van der Waals surface area contributed by atoms with Gasteiger partial charge in [0, 0.05) is 49.2 Å². The molecule has 3 N–H and O–H groups in total. The Kier molecular flexibility index (Phi) is 7.90. The van der Waals surface area contributed by atoms with Crippen molar-refractivity contribution >= 4 is 23.3 Å². The first-order chi connectivity index (χ1) is 22.8. The van der Waals surface area contributed by atoms with Crippen molar-refractivity contribution in [1.29, 1.82) is 0 Å². The lowest BCUT2D eigenvalue weighted by molar-refractivity contribution is -0.140. The molecule has 0 saturated carbocycles. The summed E-state index contributed by atoms with van der Waals surface area (Å²) in [5.41, 5.74) is 3.76. The monoisotopic (exact) mass is 668 g/mol. The van der Waals surface area contributed by atoms with E-state index in [2.05, 4.69) is 33.6 Å². The van der Waals surface area contributed by atoms with Crippen molar-refractivity contribution in [2.24, 2.45) is 5.41 Å². The minimum absolute atomic E-state index is 0.0244. The number of nitrogens with two attached hydrogens (primary N) is 1. The first kappa shape index (κ1) is 32.3. The quantitative estimate of drug-likeness (QED) is 0.159. The molecule has 0 bridgehead atoms. The fourth-order valence-electron chi connectivity index (χ4n) is 8.26. The number of aromatic nitrogens is 2. The number of carbonyl (C=O) groups excluding carboxylic acids is 2. The summed E-state index contributed by atoms with van der Waals surface area (Å²) in [6, 6.07) is 0.914. The van der Waals surface area contributed by atoms with Crippen LogP contribution in [0.4, 0.5) is 29.1 Å². The number of piperidine rings is 1. The van der Waals surface area contributed by atoms with E-state index in [1.807, 2.05) is 4.90 Å². The first-order valence-electron chi connectivity index (χ1n) is 16.1. The van der Waals surface area contributed by atoms with Crippen LogP contribution in [0.5, 0.6) is 6.01 Å². The predicted octanol–water partition coefficient (Wildman–Crippen LogP) is 4.21. The normalized spacial score (nSPS) is 27.1. The zero-order chi connectivity index (χ0) is 34.0. The van der Waals surface area contributed by atoms with E-state index < -0.39 is 45.9 Å². The Morgan fingerprint density at radius 2 is 2.00 bits per heavy atom. The highest BCUT2D eigenvalue weighted by atomic mass is 19.4. The van der Waals surface area contributed by atoms with Gasteiger partial charge in [0.25, 0.3) is 0 Å². The number of hydrogen-bond donors (Lipinski definition) is 2. The lowest BCUT2D eigenvalue weighted by Gasteiger charge is -2.40. The van der Waals surface area contributed by atoms with Gasteiger partial charge >= 0.3 is 12.2 Å². The van der Waals surface area contributed by atoms with E-state index in [0.29, 0.717) is 36.5 Å². The van der Waals surface area contributed by atoms with E-state index >= 15 is 4.39 Å². The average Bonchev–Trinajstić information content (AvgIpc) is 3.64. The van der Waals surface area contributed by atoms with E-state index in [4.69, 9.17) is 20.2 Å².